The maximum absolute atomic E-state index is 13.4. The average Bonchev–Trinajstić information content (AvgIpc) is 2.81. The van der Waals surface area contributed by atoms with E-state index in [1.165, 1.54) is 14.2 Å². The third-order valence-electron chi connectivity index (χ3n) is 6.69. The molecule has 0 unspecified atom stereocenters. The average molecular weight is 513 g/mol. The van der Waals surface area contributed by atoms with Crippen LogP contribution in [-0.2, 0) is 16.7 Å². The third kappa shape index (κ3) is 5.70. The second-order valence-corrected chi connectivity index (χ2v) is 11.3. The Morgan fingerprint density at radius 1 is 1.14 bits per heavy atom. The van der Waals surface area contributed by atoms with Crippen molar-refractivity contribution in [3.05, 3.63) is 69.9 Å². The first-order valence-electron chi connectivity index (χ1n) is 12.2. The number of hydrogen-bond acceptors (Lipinski definition) is 4. The predicted molar refractivity (Wildman–Crippen MR) is 145 cm³/mol. The molecule has 0 saturated carbocycles. The fraction of sp³-hybridized carbons (Fsp3) is 0.448. The number of carbonyl (C=O) groups excluding carboxylic acids is 2. The van der Waals surface area contributed by atoms with Gasteiger partial charge in [0.25, 0.3) is 0 Å². The summed E-state index contributed by atoms with van der Waals surface area (Å²) in [5, 5.41) is 3.91. The van der Waals surface area contributed by atoms with Gasteiger partial charge in [0, 0.05) is 17.3 Å². The molecule has 0 aromatic heterocycles. The molecule has 2 aromatic rings. The Kier molecular flexibility index (Phi) is 8.09. The number of halogens is 1. The van der Waals surface area contributed by atoms with Gasteiger partial charge in [0.15, 0.2) is 0 Å². The number of ether oxygens (including phenoxy) is 2. The second-order valence-electron chi connectivity index (χ2n) is 10.9. The van der Waals surface area contributed by atoms with E-state index in [4.69, 9.17) is 21.1 Å². The van der Waals surface area contributed by atoms with Crippen molar-refractivity contribution in [3.8, 4) is 5.75 Å². The Morgan fingerprint density at radius 2 is 1.83 bits per heavy atom. The largest absolute Gasteiger partial charge is 0.496 e. The summed E-state index contributed by atoms with van der Waals surface area (Å²) in [6, 6.07) is 10.8. The molecule has 1 N–H and O–H groups in total. The molecule has 3 rings (SSSR count). The molecule has 0 spiro atoms. The normalized spacial score (nSPS) is 18.1. The van der Waals surface area contributed by atoms with Gasteiger partial charge >= 0.3 is 12.0 Å². The van der Waals surface area contributed by atoms with Gasteiger partial charge < -0.3 is 14.8 Å². The van der Waals surface area contributed by atoms with Crippen LogP contribution < -0.4 is 15.0 Å². The Morgan fingerprint density at radius 3 is 2.39 bits per heavy atom. The van der Waals surface area contributed by atoms with E-state index in [1.54, 1.807) is 23.1 Å². The predicted octanol–water partition coefficient (Wildman–Crippen LogP) is 7.10. The van der Waals surface area contributed by atoms with Crippen molar-refractivity contribution in [2.24, 2.45) is 11.3 Å². The van der Waals surface area contributed by atoms with Crippen LogP contribution in [0, 0.1) is 11.3 Å². The lowest BCUT2D eigenvalue weighted by atomic mass is 9.78. The van der Waals surface area contributed by atoms with E-state index in [0.717, 1.165) is 29.5 Å². The number of hydrogen-bond donors (Lipinski definition) is 1. The van der Waals surface area contributed by atoms with Gasteiger partial charge in [-0.15, -0.1) is 0 Å². The van der Waals surface area contributed by atoms with Crippen LogP contribution in [0.4, 0.5) is 10.5 Å². The summed E-state index contributed by atoms with van der Waals surface area (Å²) < 4.78 is 10.2. The van der Waals surface area contributed by atoms with Gasteiger partial charge in [-0.1, -0.05) is 58.4 Å². The van der Waals surface area contributed by atoms with Crippen molar-refractivity contribution >= 4 is 29.3 Å². The summed E-state index contributed by atoms with van der Waals surface area (Å²) in [6.45, 7) is 12.9. The van der Waals surface area contributed by atoms with Crippen LogP contribution in [0.1, 0.15) is 69.4 Å². The molecule has 0 fully saturated rings. The van der Waals surface area contributed by atoms with E-state index in [1.807, 2.05) is 19.2 Å². The first-order valence-corrected chi connectivity index (χ1v) is 12.6. The standard InChI is InChI=1S/C29H37ClN2O4/c1-18(2)23-17-32(21-11-12-22(26(33)36-8)25(16-21)35-7)27(34)31-29(23,6)20-10-9-19(24(30)15-20)13-14-28(3,4)5/h9-12,15-18H,13-14H2,1-8H3,(H,31,34)/t29-/m0/s1. The topological polar surface area (TPSA) is 67.9 Å². The summed E-state index contributed by atoms with van der Waals surface area (Å²) in [7, 11) is 2.79. The Balaban J connectivity index is 2.01. The molecule has 7 heteroatoms. The summed E-state index contributed by atoms with van der Waals surface area (Å²) in [5.41, 5.74) is 3.42. The summed E-state index contributed by atoms with van der Waals surface area (Å²) >= 11 is 6.72. The van der Waals surface area contributed by atoms with Gasteiger partial charge in [-0.25, -0.2) is 9.59 Å². The van der Waals surface area contributed by atoms with Gasteiger partial charge in [0.05, 0.1) is 25.4 Å². The van der Waals surface area contributed by atoms with Gasteiger partial charge in [0.1, 0.15) is 11.3 Å². The molecule has 0 bridgehead atoms. The van der Waals surface area contributed by atoms with Gasteiger partial charge in [0.2, 0.25) is 0 Å². The van der Waals surface area contributed by atoms with E-state index < -0.39 is 11.5 Å². The van der Waals surface area contributed by atoms with Gasteiger partial charge in [-0.3, -0.25) is 4.90 Å². The number of aryl methyl sites for hydroxylation is 1. The van der Waals surface area contributed by atoms with E-state index in [0.29, 0.717) is 22.0 Å². The SMILES string of the molecule is COC(=O)c1ccc(N2C=C(C(C)C)[C@](C)(c3ccc(CCC(C)(C)C)c(Cl)c3)NC2=O)cc1OC. The van der Waals surface area contributed by atoms with Crippen molar-refractivity contribution in [3.63, 3.8) is 0 Å². The number of amides is 2. The number of esters is 1. The van der Waals surface area contributed by atoms with Crippen LogP contribution in [0.3, 0.4) is 0 Å². The van der Waals surface area contributed by atoms with Gasteiger partial charge in [-0.2, -0.15) is 0 Å². The highest BCUT2D eigenvalue weighted by Crippen LogP contribution is 2.40. The lowest BCUT2D eigenvalue weighted by Crippen LogP contribution is -2.54. The monoisotopic (exact) mass is 512 g/mol. The minimum atomic E-state index is -0.732. The molecule has 1 atom stereocenters. The van der Waals surface area contributed by atoms with Gasteiger partial charge in [-0.05, 0) is 66.0 Å². The lowest BCUT2D eigenvalue weighted by molar-refractivity contribution is 0.0597. The molecule has 2 amide bonds. The smallest absolute Gasteiger partial charge is 0.341 e. The van der Waals surface area contributed by atoms with Crippen LogP contribution in [0.15, 0.2) is 48.2 Å². The molecule has 1 aliphatic rings. The van der Waals surface area contributed by atoms with Crippen molar-refractivity contribution in [2.45, 2.75) is 59.9 Å². The molecule has 36 heavy (non-hydrogen) atoms. The maximum Gasteiger partial charge on any atom is 0.341 e. The van der Waals surface area contributed by atoms with Crippen LogP contribution in [0.5, 0.6) is 5.75 Å². The zero-order valence-corrected chi connectivity index (χ0v) is 23.2. The lowest BCUT2D eigenvalue weighted by Gasteiger charge is -2.42. The quantitative estimate of drug-likeness (QED) is 0.402. The minimum absolute atomic E-state index is 0.133. The molecular weight excluding hydrogens is 476 g/mol. The zero-order chi connectivity index (χ0) is 26.8. The number of anilines is 1. The fourth-order valence-corrected chi connectivity index (χ4v) is 4.78. The number of urea groups is 1. The van der Waals surface area contributed by atoms with Crippen molar-refractivity contribution in [1.29, 1.82) is 0 Å². The van der Waals surface area contributed by atoms with E-state index >= 15 is 0 Å². The molecule has 0 saturated heterocycles. The van der Waals surface area contributed by atoms with Crippen LogP contribution in [0.2, 0.25) is 5.02 Å². The Bertz CT molecular complexity index is 1180. The Labute approximate surface area is 219 Å². The molecule has 6 nitrogen and oxygen atoms in total. The van der Waals surface area contributed by atoms with Crippen LogP contribution >= 0.6 is 11.6 Å². The van der Waals surface area contributed by atoms with E-state index in [-0.39, 0.29) is 17.4 Å². The molecule has 1 heterocycles. The molecule has 194 valence electrons. The second kappa shape index (κ2) is 10.6. The zero-order valence-electron chi connectivity index (χ0n) is 22.5. The van der Waals surface area contributed by atoms with Crippen LogP contribution in [-0.4, -0.2) is 26.2 Å². The fourth-order valence-electron chi connectivity index (χ4n) is 4.51. The Hall–Kier alpha value is -2.99. The highest BCUT2D eigenvalue weighted by molar-refractivity contribution is 6.31. The number of nitrogens with one attached hydrogen (secondary N) is 1. The molecular formula is C29H37ClN2O4. The van der Waals surface area contributed by atoms with Crippen molar-refractivity contribution in [1.82, 2.24) is 5.32 Å². The highest BCUT2D eigenvalue weighted by atomic mass is 35.5. The summed E-state index contributed by atoms with van der Waals surface area (Å²) in [5.74, 6) is -0.0402. The summed E-state index contributed by atoms with van der Waals surface area (Å²) in [4.78, 5) is 27.0. The van der Waals surface area contributed by atoms with Crippen molar-refractivity contribution in [2.75, 3.05) is 19.1 Å². The summed E-state index contributed by atoms with van der Waals surface area (Å²) in [6.07, 6.45) is 3.80. The van der Waals surface area contributed by atoms with Crippen molar-refractivity contribution < 1.29 is 19.1 Å². The molecule has 2 aromatic carbocycles. The number of benzene rings is 2. The molecule has 0 radical (unpaired) electrons. The molecule has 0 aliphatic carbocycles. The van der Waals surface area contributed by atoms with E-state index in [9.17, 15) is 9.59 Å². The highest BCUT2D eigenvalue weighted by Gasteiger charge is 2.40. The number of nitrogens with zero attached hydrogens (tertiary/aromatic N) is 1. The first kappa shape index (κ1) is 27.6. The number of carbonyl (C=O) groups is 2. The number of methoxy groups -OCH3 is 2. The number of rotatable bonds is 7. The van der Waals surface area contributed by atoms with E-state index in [2.05, 4.69) is 52.1 Å². The van der Waals surface area contributed by atoms with Crippen LogP contribution in [0.25, 0.3) is 0 Å². The maximum atomic E-state index is 13.4. The minimum Gasteiger partial charge on any atom is -0.496 e. The molecule has 1 aliphatic heterocycles. The first-order chi connectivity index (χ1) is 16.8. The third-order valence-corrected chi connectivity index (χ3v) is 7.04.